The van der Waals surface area contributed by atoms with E-state index in [2.05, 4.69) is 5.32 Å². The Morgan fingerprint density at radius 1 is 1.08 bits per heavy atom. The maximum Gasteiger partial charge on any atom is 0.220 e. The highest BCUT2D eigenvalue weighted by molar-refractivity contribution is 6.30. The second-order valence-corrected chi connectivity index (χ2v) is 6.56. The quantitative estimate of drug-likeness (QED) is 0.778. The van der Waals surface area contributed by atoms with E-state index in [1.54, 1.807) is 24.3 Å². The molecule has 26 heavy (non-hydrogen) atoms. The number of halogens is 1. The van der Waals surface area contributed by atoms with Crippen LogP contribution in [0.5, 0.6) is 11.5 Å². The summed E-state index contributed by atoms with van der Waals surface area (Å²) < 4.78 is 10.9. The van der Waals surface area contributed by atoms with Crippen molar-refractivity contribution in [1.82, 2.24) is 5.32 Å². The fourth-order valence-corrected chi connectivity index (χ4v) is 2.96. The SMILES string of the molecule is CC(NC(=O)CCC(=O)c1ccc2c(c1)OCCO2)c1cccc(Cl)c1. The maximum absolute atomic E-state index is 12.3. The molecule has 0 aromatic heterocycles. The first-order chi connectivity index (χ1) is 12.5. The van der Waals surface area contributed by atoms with Crippen molar-refractivity contribution in [2.24, 2.45) is 0 Å². The molecule has 5 nitrogen and oxygen atoms in total. The fraction of sp³-hybridized carbons (Fsp3) is 0.300. The number of amides is 1. The van der Waals surface area contributed by atoms with E-state index in [1.807, 2.05) is 25.1 Å². The molecule has 0 bridgehead atoms. The Balaban J connectivity index is 1.53. The number of carbonyl (C=O) groups excluding carboxylic acids is 2. The largest absolute Gasteiger partial charge is 0.486 e. The molecular weight excluding hydrogens is 354 g/mol. The average molecular weight is 374 g/mol. The van der Waals surface area contributed by atoms with Gasteiger partial charge in [-0.2, -0.15) is 0 Å². The van der Waals surface area contributed by atoms with Crippen LogP contribution in [0, 0.1) is 0 Å². The second-order valence-electron chi connectivity index (χ2n) is 6.13. The van der Waals surface area contributed by atoms with Gasteiger partial charge < -0.3 is 14.8 Å². The van der Waals surface area contributed by atoms with E-state index < -0.39 is 0 Å². The van der Waals surface area contributed by atoms with Gasteiger partial charge in [-0.25, -0.2) is 0 Å². The van der Waals surface area contributed by atoms with Crippen LogP contribution < -0.4 is 14.8 Å². The lowest BCUT2D eigenvalue weighted by Crippen LogP contribution is -2.27. The molecule has 3 rings (SSSR count). The number of ketones is 1. The molecule has 0 fully saturated rings. The Morgan fingerprint density at radius 3 is 2.62 bits per heavy atom. The van der Waals surface area contributed by atoms with E-state index in [0.29, 0.717) is 35.3 Å². The molecule has 0 saturated heterocycles. The Hall–Kier alpha value is -2.53. The van der Waals surface area contributed by atoms with E-state index in [9.17, 15) is 9.59 Å². The lowest BCUT2D eigenvalue weighted by molar-refractivity contribution is -0.121. The van der Waals surface area contributed by atoms with Crippen LogP contribution in [0.1, 0.15) is 41.7 Å². The molecule has 1 heterocycles. The van der Waals surface area contributed by atoms with Gasteiger partial charge in [0.15, 0.2) is 17.3 Å². The lowest BCUT2D eigenvalue weighted by Gasteiger charge is -2.18. The Bertz CT molecular complexity index is 821. The summed E-state index contributed by atoms with van der Waals surface area (Å²) in [6, 6.07) is 12.3. The molecule has 6 heteroatoms. The number of hydrogen-bond donors (Lipinski definition) is 1. The van der Waals surface area contributed by atoms with Crippen LogP contribution in [0.15, 0.2) is 42.5 Å². The second kappa shape index (κ2) is 8.23. The zero-order valence-corrected chi connectivity index (χ0v) is 15.2. The molecule has 2 aromatic carbocycles. The summed E-state index contributed by atoms with van der Waals surface area (Å²) in [5.41, 5.74) is 1.44. The Morgan fingerprint density at radius 2 is 1.85 bits per heavy atom. The van der Waals surface area contributed by atoms with E-state index in [4.69, 9.17) is 21.1 Å². The Labute approximate surface area is 157 Å². The third-order valence-corrected chi connectivity index (χ3v) is 4.40. The summed E-state index contributed by atoms with van der Waals surface area (Å²) in [4.78, 5) is 24.5. The van der Waals surface area contributed by atoms with Crippen LogP contribution in [0.2, 0.25) is 5.02 Å². The topological polar surface area (TPSA) is 64.6 Å². The maximum atomic E-state index is 12.3. The molecule has 1 aliphatic rings. The summed E-state index contributed by atoms with van der Waals surface area (Å²) in [5.74, 6) is 0.929. The summed E-state index contributed by atoms with van der Waals surface area (Å²) >= 11 is 5.97. The zero-order chi connectivity index (χ0) is 18.5. The van der Waals surface area contributed by atoms with E-state index in [0.717, 1.165) is 5.56 Å². The van der Waals surface area contributed by atoms with Gasteiger partial charge in [0.1, 0.15) is 13.2 Å². The van der Waals surface area contributed by atoms with Crippen LogP contribution in [0.4, 0.5) is 0 Å². The molecule has 1 amide bonds. The summed E-state index contributed by atoms with van der Waals surface area (Å²) in [5, 5.41) is 3.51. The molecule has 0 aliphatic carbocycles. The molecule has 1 unspecified atom stereocenters. The van der Waals surface area contributed by atoms with Crippen molar-refractivity contribution in [3.05, 3.63) is 58.6 Å². The van der Waals surface area contributed by atoms with Gasteiger partial charge in [0.2, 0.25) is 5.91 Å². The van der Waals surface area contributed by atoms with Crippen molar-refractivity contribution in [3.63, 3.8) is 0 Å². The number of rotatable bonds is 6. The third-order valence-electron chi connectivity index (χ3n) is 4.17. The number of nitrogens with one attached hydrogen (secondary N) is 1. The van der Waals surface area contributed by atoms with Crippen LogP contribution in [0.3, 0.4) is 0 Å². The van der Waals surface area contributed by atoms with E-state index in [-0.39, 0.29) is 30.6 Å². The first-order valence-electron chi connectivity index (χ1n) is 8.50. The van der Waals surface area contributed by atoms with Crippen LogP contribution in [-0.4, -0.2) is 24.9 Å². The van der Waals surface area contributed by atoms with Crippen LogP contribution in [0.25, 0.3) is 0 Å². The lowest BCUT2D eigenvalue weighted by atomic mass is 10.0. The highest BCUT2D eigenvalue weighted by Gasteiger charge is 2.16. The number of hydrogen-bond acceptors (Lipinski definition) is 4. The predicted octanol–water partition coefficient (Wildman–Crippen LogP) is 3.95. The zero-order valence-electron chi connectivity index (χ0n) is 14.5. The summed E-state index contributed by atoms with van der Waals surface area (Å²) in [7, 11) is 0. The van der Waals surface area contributed by atoms with Crippen molar-refractivity contribution in [1.29, 1.82) is 0 Å². The summed E-state index contributed by atoms with van der Waals surface area (Å²) in [6.07, 6.45) is 0.256. The normalized spacial score (nSPS) is 13.8. The first-order valence-corrected chi connectivity index (χ1v) is 8.88. The molecule has 1 atom stereocenters. The van der Waals surface area contributed by atoms with Crippen molar-refractivity contribution < 1.29 is 19.1 Å². The van der Waals surface area contributed by atoms with Gasteiger partial charge >= 0.3 is 0 Å². The molecule has 0 radical (unpaired) electrons. The Kier molecular flexibility index (Phi) is 5.78. The number of fused-ring (bicyclic) bond motifs is 1. The van der Waals surface area contributed by atoms with Crippen LogP contribution >= 0.6 is 11.6 Å². The number of Topliss-reactive ketones (excluding diaryl/α,β-unsaturated/α-hetero) is 1. The van der Waals surface area contributed by atoms with Crippen molar-refractivity contribution in [2.75, 3.05) is 13.2 Å². The minimum absolute atomic E-state index is 0.104. The number of benzene rings is 2. The van der Waals surface area contributed by atoms with Gasteiger partial charge in [0.05, 0.1) is 6.04 Å². The van der Waals surface area contributed by atoms with E-state index in [1.165, 1.54) is 0 Å². The van der Waals surface area contributed by atoms with E-state index >= 15 is 0 Å². The molecule has 1 N–H and O–H groups in total. The molecular formula is C20H20ClNO4. The highest BCUT2D eigenvalue weighted by Crippen LogP contribution is 2.31. The molecule has 0 saturated carbocycles. The molecule has 136 valence electrons. The van der Waals surface area contributed by atoms with Crippen molar-refractivity contribution in [2.45, 2.75) is 25.8 Å². The van der Waals surface area contributed by atoms with Gasteiger partial charge in [-0.15, -0.1) is 0 Å². The third kappa shape index (κ3) is 4.55. The standard InChI is InChI=1S/C20H20ClNO4/c1-13(14-3-2-4-16(21)11-14)22-20(24)8-6-17(23)15-5-7-18-19(12-15)26-10-9-25-18/h2-5,7,11-13H,6,8-10H2,1H3,(H,22,24). The van der Waals surface area contributed by atoms with Gasteiger partial charge in [-0.1, -0.05) is 23.7 Å². The van der Waals surface area contributed by atoms with Gasteiger partial charge in [-0.05, 0) is 42.8 Å². The first kappa shape index (κ1) is 18.3. The summed E-state index contributed by atoms with van der Waals surface area (Å²) in [6.45, 7) is 2.85. The van der Waals surface area contributed by atoms with Crippen LogP contribution in [-0.2, 0) is 4.79 Å². The van der Waals surface area contributed by atoms with Gasteiger partial charge in [-0.3, -0.25) is 9.59 Å². The van der Waals surface area contributed by atoms with Crippen molar-refractivity contribution in [3.8, 4) is 11.5 Å². The van der Waals surface area contributed by atoms with Gasteiger partial charge in [0.25, 0.3) is 0 Å². The predicted molar refractivity (Wildman–Crippen MR) is 99.0 cm³/mol. The number of ether oxygens (including phenoxy) is 2. The van der Waals surface area contributed by atoms with Crippen molar-refractivity contribution >= 4 is 23.3 Å². The fourth-order valence-electron chi connectivity index (χ4n) is 2.76. The average Bonchev–Trinajstić information content (AvgIpc) is 2.65. The highest BCUT2D eigenvalue weighted by atomic mass is 35.5. The van der Waals surface area contributed by atoms with Gasteiger partial charge in [0, 0.05) is 23.4 Å². The molecule has 2 aromatic rings. The smallest absolute Gasteiger partial charge is 0.220 e. The molecule has 1 aliphatic heterocycles. The molecule has 0 spiro atoms. The number of carbonyl (C=O) groups is 2. The minimum atomic E-state index is -0.177. The minimum Gasteiger partial charge on any atom is -0.486 e. The monoisotopic (exact) mass is 373 g/mol.